The summed E-state index contributed by atoms with van der Waals surface area (Å²) in [5.41, 5.74) is 8.47. The maximum atomic E-state index is 13.3. The molecular formula is C25H27N5O3. The minimum absolute atomic E-state index is 0.0623. The summed E-state index contributed by atoms with van der Waals surface area (Å²) in [5.74, 6) is 0.518. The van der Waals surface area contributed by atoms with Crippen LogP contribution >= 0.6 is 0 Å². The number of carbonyl (C=O) groups excluding carboxylic acids is 3. The number of nitrogens with two attached hydrogens (primary N) is 1. The number of fused-ring (bicyclic) bond motifs is 2. The van der Waals surface area contributed by atoms with Gasteiger partial charge in [-0.15, -0.1) is 0 Å². The smallest absolute Gasteiger partial charge is 0.323 e. The van der Waals surface area contributed by atoms with Crippen LogP contribution in [0.25, 0.3) is 10.9 Å². The van der Waals surface area contributed by atoms with Gasteiger partial charge in [-0.1, -0.05) is 44.2 Å². The third-order valence-electron chi connectivity index (χ3n) is 6.65. The zero-order valence-corrected chi connectivity index (χ0v) is 18.6. The molecule has 1 saturated carbocycles. The molecule has 0 bridgehead atoms. The molecule has 2 aromatic carbocycles. The van der Waals surface area contributed by atoms with E-state index in [1.54, 1.807) is 17.0 Å². The molecule has 0 spiro atoms. The molecule has 1 saturated heterocycles. The molecule has 3 aromatic rings. The van der Waals surface area contributed by atoms with E-state index < -0.39 is 12.1 Å². The van der Waals surface area contributed by atoms with E-state index in [9.17, 15) is 14.4 Å². The van der Waals surface area contributed by atoms with Crippen LogP contribution in [0.3, 0.4) is 0 Å². The fourth-order valence-corrected chi connectivity index (χ4v) is 4.83. The Morgan fingerprint density at radius 3 is 2.58 bits per heavy atom. The van der Waals surface area contributed by atoms with Gasteiger partial charge in [0.05, 0.1) is 11.2 Å². The Labute approximate surface area is 191 Å². The Morgan fingerprint density at radius 1 is 1.03 bits per heavy atom. The number of hydrogen-bond donors (Lipinski definition) is 3. The number of nitrogens with one attached hydrogen (secondary N) is 2. The normalized spacial score (nSPS) is 21.2. The van der Waals surface area contributed by atoms with Crippen molar-refractivity contribution in [3.8, 4) is 0 Å². The fraction of sp³-hybridized carbons (Fsp3) is 0.320. The molecule has 8 nitrogen and oxygen atoms in total. The van der Waals surface area contributed by atoms with Gasteiger partial charge in [-0.05, 0) is 48.4 Å². The van der Waals surface area contributed by atoms with Gasteiger partial charge in [0.25, 0.3) is 0 Å². The van der Waals surface area contributed by atoms with Gasteiger partial charge in [0.2, 0.25) is 5.91 Å². The molecule has 4 N–H and O–H groups in total. The second-order valence-electron chi connectivity index (χ2n) is 9.19. The maximum absolute atomic E-state index is 13.3. The summed E-state index contributed by atoms with van der Waals surface area (Å²) in [6.45, 7) is 4.21. The van der Waals surface area contributed by atoms with Gasteiger partial charge >= 0.3 is 12.1 Å². The third-order valence-corrected chi connectivity index (χ3v) is 6.65. The van der Waals surface area contributed by atoms with Crippen molar-refractivity contribution in [2.75, 3.05) is 10.6 Å². The van der Waals surface area contributed by atoms with Crippen molar-refractivity contribution in [1.29, 1.82) is 0 Å². The second kappa shape index (κ2) is 7.95. The maximum Gasteiger partial charge on any atom is 0.323 e. The van der Waals surface area contributed by atoms with Gasteiger partial charge < -0.3 is 21.3 Å². The molecule has 3 atom stereocenters. The molecule has 2 aliphatic rings. The monoisotopic (exact) mass is 445 g/mol. The number of anilines is 2. The highest BCUT2D eigenvalue weighted by Crippen LogP contribution is 2.48. The minimum Gasteiger partial charge on any atom is -0.351 e. The number of aromatic nitrogens is 1. The second-order valence-corrected chi connectivity index (χ2v) is 9.19. The lowest BCUT2D eigenvalue weighted by molar-refractivity contribution is -0.120. The first-order chi connectivity index (χ1) is 15.8. The fourth-order valence-electron chi connectivity index (χ4n) is 4.83. The predicted molar refractivity (Wildman–Crippen MR) is 127 cm³/mol. The number of likely N-dealkylation sites (tertiary alicyclic amines) is 1. The highest BCUT2D eigenvalue weighted by Gasteiger charge is 2.56. The van der Waals surface area contributed by atoms with E-state index in [1.807, 2.05) is 36.4 Å². The Kier molecular flexibility index (Phi) is 5.08. The van der Waals surface area contributed by atoms with Crippen molar-refractivity contribution in [3.63, 3.8) is 0 Å². The van der Waals surface area contributed by atoms with Crippen LogP contribution in [0.4, 0.5) is 21.0 Å². The summed E-state index contributed by atoms with van der Waals surface area (Å²) >= 11 is 0. The molecule has 1 aliphatic heterocycles. The van der Waals surface area contributed by atoms with Crippen molar-refractivity contribution in [2.45, 2.75) is 44.7 Å². The van der Waals surface area contributed by atoms with Gasteiger partial charge in [-0.25, -0.2) is 9.59 Å². The number of nitrogens with zero attached hydrogens (tertiary/aromatic N) is 2. The molecule has 33 heavy (non-hydrogen) atoms. The van der Waals surface area contributed by atoms with Gasteiger partial charge in [0.15, 0.2) is 0 Å². The molecule has 0 unspecified atom stereocenters. The first-order valence-corrected chi connectivity index (χ1v) is 11.2. The number of primary amides is 1. The van der Waals surface area contributed by atoms with Crippen LogP contribution in [0.15, 0.2) is 54.7 Å². The first-order valence-electron chi connectivity index (χ1n) is 11.2. The average molecular weight is 446 g/mol. The number of hydrogen-bond acceptors (Lipinski definition) is 3. The number of para-hydroxylation sites is 1. The summed E-state index contributed by atoms with van der Waals surface area (Å²) in [6, 6.07) is 13.6. The Bertz CT molecular complexity index is 1260. The number of amides is 4. The van der Waals surface area contributed by atoms with E-state index in [0.29, 0.717) is 34.8 Å². The third kappa shape index (κ3) is 3.82. The molecule has 2 heterocycles. The van der Waals surface area contributed by atoms with E-state index in [1.165, 1.54) is 10.8 Å². The minimum atomic E-state index is -0.629. The topological polar surface area (TPSA) is 109 Å². The molecule has 2 fully saturated rings. The standard InChI is InChI=1S/C25H27N5O3/c1-14(2)15-6-5-7-17(10-15)27-23(31)22-12-16-11-21(16)30(22)25(33)28-19-13-29(24(26)32)20-9-4-3-8-18(19)20/h3-10,13-14,16,21-22H,11-12H2,1-2H3,(H2,26,32)(H,27,31)(H,28,33)/t16-,21-,22+/m1/s1. The van der Waals surface area contributed by atoms with Crippen molar-refractivity contribution < 1.29 is 14.4 Å². The van der Waals surface area contributed by atoms with Gasteiger partial charge in [0.1, 0.15) is 6.04 Å². The van der Waals surface area contributed by atoms with Crippen LogP contribution in [-0.2, 0) is 4.79 Å². The summed E-state index contributed by atoms with van der Waals surface area (Å²) in [7, 11) is 0. The highest BCUT2D eigenvalue weighted by atomic mass is 16.2. The van der Waals surface area contributed by atoms with Gasteiger partial charge in [-0.3, -0.25) is 9.36 Å². The van der Waals surface area contributed by atoms with Crippen molar-refractivity contribution in [3.05, 3.63) is 60.3 Å². The van der Waals surface area contributed by atoms with Gasteiger partial charge in [-0.2, -0.15) is 0 Å². The molecule has 5 rings (SSSR count). The van der Waals surface area contributed by atoms with Crippen molar-refractivity contribution >= 4 is 40.2 Å². The quantitative estimate of drug-likeness (QED) is 0.556. The molecule has 170 valence electrons. The van der Waals surface area contributed by atoms with Crippen LogP contribution in [0, 0.1) is 5.92 Å². The van der Waals surface area contributed by atoms with Crippen LogP contribution in [-0.4, -0.2) is 39.5 Å². The summed E-state index contributed by atoms with van der Waals surface area (Å²) in [6.07, 6.45) is 3.08. The van der Waals surface area contributed by atoms with Crippen molar-refractivity contribution in [1.82, 2.24) is 9.47 Å². The Morgan fingerprint density at radius 2 is 1.82 bits per heavy atom. The number of benzene rings is 2. The molecule has 1 aromatic heterocycles. The SMILES string of the molecule is CC(C)c1cccc(NC(=O)[C@@H]2C[C@H]3C[C@H]3N2C(=O)Nc2cn(C(N)=O)c3ccccc23)c1. The number of rotatable bonds is 4. The van der Waals surface area contributed by atoms with E-state index >= 15 is 0 Å². The van der Waals surface area contributed by atoms with Gasteiger partial charge in [0, 0.05) is 23.3 Å². The average Bonchev–Trinajstić information content (AvgIpc) is 3.29. The van der Waals surface area contributed by atoms with E-state index in [0.717, 1.165) is 17.7 Å². The number of piperidine rings is 1. The largest absolute Gasteiger partial charge is 0.351 e. The van der Waals surface area contributed by atoms with E-state index in [-0.39, 0.29) is 18.0 Å². The Hall–Kier alpha value is -3.81. The Balaban J connectivity index is 1.36. The zero-order valence-electron chi connectivity index (χ0n) is 18.6. The number of carbonyl (C=O) groups is 3. The summed E-state index contributed by atoms with van der Waals surface area (Å²) in [4.78, 5) is 39.9. The highest BCUT2D eigenvalue weighted by molar-refractivity contribution is 6.06. The lowest BCUT2D eigenvalue weighted by Crippen LogP contribution is -2.47. The predicted octanol–water partition coefficient (Wildman–Crippen LogP) is 4.32. The van der Waals surface area contributed by atoms with Crippen molar-refractivity contribution in [2.24, 2.45) is 11.7 Å². The summed E-state index contributed by atoms with van der Waals surface area (Å²) in [5, 5.41) is 6.61. The molecule has 8 heteroatoms. The first kappa shape index (κ1) is 21.1. The van der Waals surface area contributed by atoms with E-state index in [2.05, 4.69) is 24.5 Å². The van der Waals surface area contributed by atoms with Crippen LogP contribution in [0.1, 0.15) is 38.2 Å². The van der Waals surface area contributed by atoms with E-state index in [4.69, 9.17) is 5.73 Å². The molecule has 1 aliphatic carbocycles. The lowest BCUT2D eigenvalue weighted by atomic mass is 10.0. The molecule has 0 radical (unpaired) electrons. The molecular weight excluding hydrogens is 418 g/mol. The zero-order chi connectivity index (χ0) is 23.3. The summed E-state index contributed by atoms with van der Waals surface area (Å²) < 4.78 is 1.31. The number of urea groups is 1. The van der Waals surface area contributed by atoms with Crippen LogP contribution < -0.4 is 16.4 Å². The lowest BCUT2D eigenvalue weighted by Gasteiger charge is -2.27. The van der Waals surface area contributed by atoms with Crippen LogP contribution in [0.2, 0.25) is 0 Å². The molecule has 4 amide bonds. The van der Waals surface area contributed by atoms with Crippen LogP contribution in [0.5, 0.6) is 0 Å².